The van der Waals surface area contributed by atoms with Crippen molar-refractivity contribution in [3.63, 3.8) is 0 Å². The number of rotatable bonds is 15. The fourth-order valence-corrected chi connectivity index (χ4v) is 3.69. The van der Waals surface area contributed by atoms with E-state index in [0.29, 0.717) is 18.4 Å². The van der Waals surface area contributed by atoms with E-state index in [0.717, 1.165) is 45.1 Å². The summed E-state index contributed by atoms with van der Waals surface area (Å²) in [5, 5.41) is 3.14. The van der Waals surface area contributed by atoms with Gasteiger partial charge in [-0.15, -0.1) is 0 Å². The molecule has 4 nitrogen and oxygen atoms in total. The molecule has 0 fully saturated rings. The Morgan fingerprint density at radius 2 is 1.64 bits per heavy atom. The summed E-state index contributed by atoms with van der Waals surface area (Å²) in [5.74, 6) is 0.997. The fraction of sp³-hybridized carbons (Fsp3) is 1.00. The Balaban J connectivity index is 4.04. The van der Waals surface area contributed by atoms with Crippen molar-refractivity contribution in [3.8, 4) is 0 Å². The van der Waals surface area contributed by atoms with E-state index < -0.39 is 7.60 Å². The van der Waals surface area contributed by atoms with E-state index in [1.165, 1.54) is 12.8 Å². The topological polar surface area (TPSA) is 58.6 Å². The summed E-state index contributed by atoms with van der Waals surface area (Å²) in [6.07, 6.45) is 9.14. The third kappa shape index (κ3) is 11.6. The lowest BCUT2D eigenvalue weighted by atomic mass is 9.98. The van der Waals surface area contributed by atoms with Crippen LogP contribution in [-0.2, 0) is 9.09 Å². The zero-order valence-electron chi connectivity index (χ0n) is 15.1. The molecule has 2 atom stereocenters. The van der Waals surface area contributed by atoms with Gasteiger partial charge in [0.05, 0.1) is 12.9 Å². The van der Waals surface area contributed by atoms with E-state index in [9.17, 15) is 9.46 Å². The second-order valence-electron chi connectivity index (χ2n) is 6.41. The molecule has 134 valence electrons. The molecule has 22 heavy (non-hydrogen) atoms. The highest BCUT2D eigenvalue weighted by Gasteiger charge is 2.21. The minimum atomic E-state index is -3.50. The molecule has 0 amide bonds. The van der Waals surface area contributed by atoms with Gasteiger partial charge in [0, 0.05) is 0 Å². The first-order valence-corrected chi connectivity index (χ1v) is 10.9. The van der Waals surface area contributed by atoms with Gasteiger partial charge in [-0.2, -0.15) is 0 Å². The predicted molar refractivity (Wildman–Crippen MR) is 95.3 cm³/mol. The summed E-state index contributed by atoms with van der Waals surface area (Å²) in [6.45, 7) is 9.86. The van der Waals surface area contributed by atoms with Crippen molar-refractivity contribution in [1.82, 2.24) is 5.32 Å². The van der Waals surface area contributed by atoms with Crippen LogP contribution in [-0.4, -0.2) is 24.3 Å². The van der Waals surface area contributed by atoms with Crippen LogP contribution in [0.3, 0.4) is 0 Å². The maximum atomic E-state index is 12.1. The van der Waals surface area contributed by atoms with E-state index >= 15 is 0 Å². The normalized spacial score (nSPS) is 15.9. The number of nitrogens with one attached hydrogen (secondary N) is 1. The van der Waals surface area contributed by atoms with Crippen LogP contribution in [0.15, 0.2) is 0 Å². The van der Waals surface area contributed by atoms with Gasteiger partial charge in [0.2, 0.25) is 0 Å². The Labute approximate surface area is 137 Å². The highest BCUT2D eigenvalue weighted by Crippen LogP contribution is 2.41. The molecule has 0 radical (unpaired) electrons. The summed E-state index contributed by atoms with van der Waals surface area (Å²) in [4.78, 5) is 9.93. The summed E-state index contributed by atoms with van der Waals surface area (Å²) in [7, 11) is -3.50. The van der Waals surface area contributed by atoms with Crippen LogP contribution in [0.4, 0.5) is 0 Å². The van der Waals surface area contributed by atoms with Crippen LogP contribution >= 0.6 is 7.60 Å². The van der Waals surface area contributed by atoms with Crippen LogP contribution < -0.4 is 5.32 Å². The van der Waals surface area contributed by atoms with E-state index in [-0.39, 0.29) is 6.29 Å². The van der Waals surface area contributed by atoms with Gasteiger partial charge < -0.3 is 14.7 Å². The largest absolute Gasteiger partial charge is 0.341 e. The van der Waals surface area contributed by atoms with Gasteiger partial charge in [0.15, 0.2) is 0 Å². The molecule has 5 heteroatoms. The molecular formula is C17H38NO3P. The van der Waals surface area contributed by atoms with E-state index in [4.69, 9.17) is 4.52 Å². The summed E-state index contributed by atoms with van der Waals surface area (Å²) < 4.78 is 17.4. The van der Waals surface area contributed by atoms with Crippen molar-refractivity contribution in [1.29, 1.82) is 0 Å². The first kappa shape index (κ1) is 22.1. The average molecular weight is 335 g/mol. The van der Waals surface area contributed by atoms with Gasteiger partial charge in [0.1, 0.15) is 0 Å². The number of hydrogen-bond acceptors (Lipinski definition) is 3. The molecule has 0 saturated heterocycles. The maximum absolute atomic E-state index is 12.1. The highest BCUT2D eigenvalue weighted by atomic mass is 31.2. The number of hydrogen-bond donors (Lipinski definition) is 2. The zero-order chi connectivity index (χ0) is 16.8. The summed E-state index contributed by atoms with van der Waals surface area (Å²) in [6, 6.07) is 0. The second kappa shape index (κ2) is 13.5. The molecule has 0 rings (SSSR count). The first-order valence-electron chi connectivity index (χ1n) is 9.16. The quantitative estimate of drug-likeness (QED) is 0.405. The minimum Gasteiger partial charge on any atom is -0.323 e. The summed E-state index contributed by atoms with van der Waals surface area (Å²) >= 11 is 0. The third-order valence-electron chi connectivity index (χ3n) is 4.19. The van der Waals surface area contributed by atoms with E-state index in [1.807, 2.05) is 0 Å². The molecule has 0 spiro atoms. The highest BCUT2D eigenvalue weighted by molar-refractivity contribution is 7.52. The molecule has 0 aliphatic carbocycles. The Bertz CT molecular complexity index is 294. The van der Waals surface area contributed by atoms with Crippen molar-refractivity contribution in [2.75, 3.05) is 19.4 Å². The van der Waals surface area contributed by atoms with Gasteiger partial charge in [-0.3, -0.25) is 4.57 Å². The molecule has 0 aromatic carbocycles. The lowest BCUT2D eigenvalue weighted by molar-refractivity contribution is 0.202. The Hall–Kier alpha value is 0.110. The average Bonchev–Trinajstić information content (AvgIpc) is 2.47. The van der Waals surface area contributed by atoms with Crippen LogP contribution in [0.25, 0.3) is 0 Å². The van der Waals surface area contributed by atoms with Gasteiger partial charge in [-0.05, 0) is 37.6 Å². The molecular weight excluding hydrogens is 297 g/mol. The van der Waals surface area contributed by atoms with Crippen molar-refractivity contribution in [2.24, 2.45) is 11.8 Å². The van der Waals surface area contributed by atoms with E-state index in [2.05, 4.69) is 33.0 Å². The van der Waals surface area contributed by atoms with Crippen molar-refractivity contribution in [3.05, 3.63) is 0 Å². The molecule has 2 N–H and O–H groups in total. The smallest absolute Gasteiger partial charge is 0.323 e. The fourth-order valence-electron chi connectivity index (χ4n) is 2.74. The lowest BCUT2D eigenvalue weighted by Crippen LogP contribution is -2.24. The van der Waals surface area contributed by atoms with Crippen molar-refractivity contribution >= 4 is 7.60 Å². The predicted octanol–water partition coefficient (Wildman–Crippen LogP) is 5.17. The van der Waals surface area contributed by atoms with Gasteiger partial charge in [0.25, 0.3) is 0 Å². The molecule has 0 aromatic rings. The van der Waals surface area contributed by atoms with Crippen molar-refractivity contribution < 1.29 is 14.0 Å². The summed E-state index contributed by atoms with van der Waals surface area (Å²) in [5.41, 5.74) is 0. The van der Waals surface area contributed by atoms with E-state index in [1.54, 1.807) is 0 Å². The Morgan fingerprint density at radius 3 is 2.14 bits per heavy atom. The van der Waals surface area contributed by atoms with Crippen LogP contribution in [0, 0.1) is 11.8 Å². The Kier molecular flexibility index (Phi) is 13.6. The third-order valence-corrected chi connectivity index (χ3v) is 5.37. The SMILES string of the molecule is CCCCC(CC)COP(=O)(O)CNCC(CCC)CCC. The Morgan fingerprint density at radius 1 is 1.00 bits per heavy atom. The molecule has 0 heterocycles. The lowest BCUT2D eigenvalue weighted by Gasteiger charge is -2.20. The maximum Gasteiger partial charge on any atom is 0.341 e. The molecule has 0 aliphatic heterocycles. The minimum absolute atomic E-state index is 0.0706. The molecule has 0 saturated carbocycles. The van der Waals surface area contributed by atoms with Crippen LogP contribution in [0.5, 0.6) is 0 Å². The monoisotopic (exact) mass is 335 g/mol. The molecule has 0 bridgehead atoms. The molecule has 2 unspecified atom stereocenters. The standard InChI is InChI=1S/C17H38NO3P/c1-5-9-12-16(8-4)14-21-22(19,20)15-18-13-17(10-6-2)11-7-3/h16-18H,5-15H2,1-4H3,(H,19,20). The zero-order valence-corrected chi connectivity index (χ0v) is 16.0. The second-order valence-corrected chi connectivity index (χ2v) is 8.25. The van der Waals surface area contributed by atoms with Gasteiger partial charge in [-0.25, -0.2) is 0 Å². The first-order chi connectivity index (χ1) is 10.5. The van der Waals surface area contributed by atoms with Crippen LogP contribution in [0.1, 0.15) is 79.1 Å². The molecule has 0 aromatic heterocycles. The van der Waals surface area contributed by atoms with Crippen LogP contribution in [0.2, 0.25) is 0 Å². The number of unbranched alkanes of at least 4 members (excludes halogenated alkanes) is 1. The van der Waals surface area contributed by atoms with Crippen molar-refractivity contribution in [2.45, 2.75) is 79.1 Å². The van der Waals surface area contributed by atoms with Gasteiger partial charge >= 0.3 is 7.60 Å². The van der Waals surface area contributed by atoms with Gasteiger partial charge in [-0.1, -0.05) is 59.8 Å². The molecule has 0 aliphatic rings.